The van der Waals surface area contributed by atoms with Crippen molar-refractivity contribution in [2.24, 2.45) is 12.8 Å². The Labute approximate surface area is 197 Å². The lowest BCUT2D eigenvalue weighted by atomic mass is 9.95. The molecule has 0 radical (unpaired) electrons. The van der Waals surface area contributed by atoms with E-state index in [1.54, 1.807) is 31.4 Å². The van der Waals surface area contributed by atoms with Gasteiger partial charge < -0.3 is 20.0 Å². The molecule has 0 saturated heterocycles. The maximum atomic E-state index is 13.0. The quantitative estimate of drug-likeness (QED) is 0.309. The molecule has 0 aliphatic rings. The van der Waals surface area contributed by atoms with Gasteiger partial charge in [0, 0.05) is 30.4 Å². The van der Waals surface area contributed by atoms with Crippen molar-refractivity contribution >= 4 is 20.8 Å². The lowest BCUT2D eigenvalue weighted by Crippen LogP contribution is -2.32. The number of aryl methyl sites for hydroxylation is 2. The Kier molecular flexibility index (Phi) is 6.26. The maximum Gasteiger partial charge on any atom is 0.341 e. The largest absolute Gasteiger partial charge is 0.422 e. The van der Waals surface area contributed by atoms with E-state index in [0.717, 1.165) is 16.8 Å². The van der Waals surface area contributed by atoms with Crippen molar-refractivity contribution in [1.29, 1.82) is 0 Å². The van der Waals surface area contributed by atoms with Crippen LogP contribution in [0.3, 0.4) is 0 Å². The summed E-state index contributed by atoms with van der Waals surface area (Å²) in [6, 6.07) is 11.0. The summed E-state index contributed by atoms with van der Waals surface area (Å²) in [7, 11) is -0.287. The van der Waals surface area contributed by atoms with Crippen LogP contribution in [0.2, 0.25) is 0 Å². The van der Waals surface area contributed by atoms with Gasteiger partial charge in [0.1, 0.15) is 16.8 Å². The normalized spacial score (nSPS) is 13.6. The molecule has 0 fully saturated rings. The molecule has 0 aliphatic carbocycles. The molecule has 0 aliphatic heterocycles. The number of fused-ring (bicyclic) bond motifs is 1. The van der Waals surface area contributed by atoms with E-state index in [1.807, 2.05) is 36.9 Å². The third kappa shape index (κ3) is 3.98. The number of aromatic nitrogens is 2. The number of sulfone groups is 1. The lowest BCUT2D eigenvalue weighted by molar-refractivity contribution is 0.543. The molecule has 9 heteroatoms. The number of benzene rings is 2. The smallest absolute Gasteiger partial charge is 0.341 e. The minimum absolute atomic E-state index is 0.0854. The number of hydrogen-bond acceptors (Lipinski definition) is 7. The van der Waals surface area contributed by atoms with Gasteiger partial charge in [-0.15, -0.1) is 6.58 Å². The first kappa shape index (κ1) is 23.6. The molecule has 4 rings (SSSR count). The highest BCUT2D eigenvalue weighted by atomic mass is 32.2. The van der Waals surface area contributed by atoms with Crippen molar-refractivity contribution < 1.29 is 12.8 Å². The molecule has 0 amide bonds. The van der Waals surface area contributed by atoms with E-state index in [9.17, 15) is 13.2 Å². The standard InChI is InChI=1S/C25H26N4O4S/c1-5-21(27-3)34(31,32)18-8-6-7-16(13-18)23(26)22-15(2)19-10-9-17(14-20(19)33-25(22)30)24-28-11-12-29(24)4/h5-14,21,23,27H,1,26H2,2-4H3. The van der Waals surface area contributed by atoms with Crippen molar-refractivity contribution in [2.45, 2.75) is 23.2 Å². The molecule has 2 atom stereocenters. The molecule has 2 unspecified atom stereocenters. The van der Waals surface area contributed by atoms with Crippen molar-refractivity contribution in [3.05, 3.63) is 94.6 Å². The number of rotatable bonds is 7. The van der Waals surface area contributed by atoms with Crippen molar-refractivity contribution in [1.82, 2.24) is 14.9 Å². The van der Waals surface area contributed by atoms with Crippen LogP contribution in [0.25, 0.3) is 22.4 Å². The fourth-order valence-electron chi connectivity index (χ4n) is 4.11. The maximum absolute atomic E-state index is 13.0. The summed E-state index contributed by atoms with van der Waals surface area (Å²) in [6.45, 7) is 5.39. The van der Waals surface area contributed by atoms with Crippen LogP contribution in [0.5, 0.6) is 0 Å². The molecule has 2 aromatic heterocycles. The molecular formula is C25H26N4O4S. The van der Waals surface area contributed by atoms with Crippen LogP contribution in [0, 0.1) is 6.92 Å². The summed E-state index contributed by atoms with van der Waals surface area (Å²) in [5.74, 6) is 0.750. The van der Waals surface area contributed by atoms with Gasteiger partial charge in [-0.1, -0.05) is 30.3 Å². The molecule has 3 N–H and O–H groups in total. The number of hydrogen-bond donors (Lipinski definition) is 2. The predicted molar refractivity (Wildman–Crippen MR) is 132 cm³/mol. The third-order valence-electron chi connectivity index (χ3n) is 5.98. The van der Waals surface area contributed by atoms with E-state index in [2.05, 4.69) is 16.9 Å². The van der Waals surface area contributed by atoms with E-state index < -0.39 is 26.9 Å². The number of nitrogens with zero attached hydrogens (tertiary/aromatic N) is 2. The zero-order chi connectivity index (χ0) is 24.6. The summed E-state index contributed by atoms with van der Waals surface area (Å²) in [5.41, 5.74) is 8.61. The van der Waals surface area contributed by atoms with Gasteiger partial charge in [-0.25, -0.2) is 18.2 Å². The first-order chi connectivity index (χ1) is 16.2. The van der Waals surface area contributed by atoms with Gasteiger partial charge in [-0.05, 0) is 43.3 Å². The van der Waals surface area contributed by atoms with Gasteiger partial charge >= 0.3 is 5.63 Å². The monoisotopic (exact) mass is 478 g/mol. The fraction of sp³-hybridized carbons (Fsp3) is 0.200. The molecule has 8 nitrogen and oxygen atoms in total. The minimum atomic E-state index is -3.72. The fourth-order valence-corrected chi connectivity index (χ4v) is 5.54. The second-order valence-corrected chi connectivity index (χ2v) is 10.1. The Balaban J connectivity index is 1.79. The number of nitrogens with one attached hydrogen (secondary N) is 1. The molecule has 0 saturated carbocycles. The second kappa shape index (κ2) is 9.02. The number of nitrogens with two attached hydrogens (primary N) is 1. The second-order valence-electron chi connectivity index (χ2n) is 8.04. The topological polar surface area (TPSA) is 120 Å². The van der Waals surface area contributed by atoms with Gasteiger partial charge in [0.25, 0.3) is 0 Å². The van der Waals surface area contributed by atoms with Crippen LogP contribution in [0.1, 0.15) is 22.7 Å². The summed E-state index contributed by atoms with van der Waals surface area (Å²) in [4.78, 5) is 17.4. The summed E-state index contributed by atoms with van der Waals surface area (Å²) >= 11 is 0. The van der Waals surface area contributed by atoms with E-state index in [0.29, 0.717) is 16.7 Å². The Morgan fingerprint density at radius 3 is 2.65 bits per heavy atom. The summed E-state index contributed by atoms with van der Waals surface area (Å²) in [6.07, 6.45) is 4.86. The Morgan fingerprint density at radius 1 is 1.24 bits per heavy atom. The zero-order valence-electron chi connectivity index (χ0n) is 19.1. The van der Waals surface area contributed by atoms with Crippen LogP contribution in [-0.4, -0.2) is 30.4 Å². The molecule has 2 aromatic carbocycles. The van der Waals surface area contributed by atoms with E-state index in [-0.39, 0.29) is 10.5 Å². The van der Waals surface area contributed by atoms with E-state index >= 15 is 0 Å². The molecule has 0 spiro atoms. The van der Waals surface area contributed by atoms with Crippen molar-refractivity contribution in [3.63, 3.8) is 0 Å². The average Bonchev–Trinajstić information content (AvgIpc) is 3.25. The SMILES string of the molecule is C=CC(NC)S(=O)(=O)c1cccc(C(N)c2c(C)c3ccc(-c4nccn4C)cc3oc2=O)c1. The van der Waals surface area contributed by atoms with Gasteiger partial charge in [0.2, 0.25) is 0 Å². The van der Waals surface area contributed by atoms with Gasteiger partial charge in [-0.3, -0.25) is 0 Å². The van der Waals surface area contributed by atoms with Crippen LogP contribution in [-0.2, 0) is 16.9 Å². The van der Waals surface area contributed by atoms with Gasteiger partial charge in [0.05, 0.1) is 16.5 Å². The number of imidazole rings is 1. The Bertz CT molecular complexity index is 1550. The minimum Gasteiger partial charge on any atom is -0.422 e. The molecule has 0 bridgehead atoms. The molecular weight excluding hydrogens is 452 g/mol. The predicted octanol–water partition coefficient (Wildman–Crippen LogP) is 3.06. The van der Waals surface area contributed by atoms with Crippen LogP contribution in [0.4, 0.5) is 0 Å². The van der Waals surface area contributed by atoms with E-state index in [1.165, 1.54) is 18.2 Å². The van der Waals surface area contributed by atoms with E-state index in [4.69, 9.17) is 10.2 Å². The highest BCUT2D eigenvalue weighted by Crippen LogP contribution is 2.30. The van der Waals surface area contributed by atoms with Crippen molar-refractivity contribution in [3.8, 4) is 11.4 Å². The van der Waals surface area contributed by atoms with Crippen LogP contribution in [0.15, 0.2) is 81.6 Å². The first-order valence-corrected chi connectivity index (χ1v) is 12.2. The summed E-state index contributed by atoms with van der Waals surface area (Å²) < 4.78 is 33.3. The molecule has 2 heterocycles. The molecule has 34 heavy (non-hydrogen) atoms. The average molecular weight is 479 g/mol. The van der Waals surface area contributed by atoms with Gasteiger partial charge in [0.15, 0.2) is 9.84 Å². The van der Waals surface area contributed by atoms with Crippen LogP contribution >= 0.6 is 0 Å². The molecule has 176 valence electrons. The Hall–Kier alpha value is -3.53. The highest BCUT2D eigenvalue weighted by Gasteiger charge is 2.26. The number of likely N-dealkylation sites (N-methyl/N-ethyl adjacent to an activating group) is 1. The third-order valence-corrected chi connectivity index (χ3v) is 7.99. The van der Waals surface area contributed by atoms with Gasteiger partial charge in [-0.2, -0.15) is 0 Å². The Morgan fingerprint density at radius 2 is 2.00 bits per heavy atom. The summed E-state index contributed by atoms with van der Waals surface area (Å²) in [5, 5.41) is 2.52. The highest BCUT2D eigenvalue weighted by molar-refractivity contribution is 7.92. The lowest BCUT2D eigenvalue weighted by Gasteiger charge is -2.18. The van der Waals surface area contributed by atoms with Crippen LogP contribution < -0.4 is 16.7 Å². The zero-order valence-corrected chi connectivity index (χ0v) is 20.0. The van der Waals surface area contributed by atoms with Crippen molar-refractivity contribution in [2.75, 3.05) is 7.05 Å². The molecule has 4 aromatic rings. The first-order valence-electron chi connectivity index (χ1n) is 10.6.